The Balaban J connectivity index is 0.939. The molecule has 0 radical (unpaired) electrons. The maximum absolute atomic E-state index is 14.7. The SMILES string of the molecule is CN[C@@H](C)C(=O)N[C@H](C(=O)N1C[C@@H](NC(=O)CCCC(=O)N[C@H]2C[C@@H](C(=O)NC3c4ccccc4-c4ccccc43)N(C(=O)[C@@H](NC(=O)[C@H](C)NC)C(C)(C)C)C2)C[C@H]1C(=O)NC1c2ccccc2-c2ccccc21)C(C)(C)C. The van der Waals surface area contributed by atoms with E-state index >= 15 is 0 Å². The summed E-state index contributed by atoms with van der Waals surface area (Å²) in [5, 5.41) is 24.2. The molecule has 2 aliphatic heterocycles. The van der Waals surface area contributed by atoms with E-state index in [1.807, 2.05) is 139 Å². The van der Waals surface area contributed by atoms with Crippen LogP contribution in [0.3, 0.4) is 0 Å². The van der Waals surface area contributed by atoms with E-state index in [9.17, 15) is 38.4 Å². The van der Waals surface area contributed by atoms with Gasteiger partial charge in [-0.3, -0.25) is 38.4 Å². The molecule has 0 bridgehead atoms. The topological polar surface area (TPSA) is 239 Å². The summed E-state index contributed by atoms with van der Waals surface area (Å²) >= 11 is 0. The van der Waals surface area contributed by atoms with Crippen molar-refractivity contribution in [2.45, 2.75) is 148 Å². The monoisotopic (exact) mass is 1080 g/mol. The molecule has 8 N–H and O–H groups in total. The number of fused-ring (bicyclic) bond motifs is 6. The second-order valence-corrected chi connectivity index (χ2v) is 23.7. The smallest absolute Gasteiger partial charge is 0.246 e. The maximum atomic E-state index is 14.7. The summed E-state index contributed by atoms with van der Waals surface area (Å²) in [6.45, 7) is 14.5. The zero-order chi connectivity index (χ0) is 57.1. The third-order valence-corrected chi connectivity index (χ3v) is 16.0. The number of nitrogens with zero attached hydrogens (tertiary/aromatic N) is 2. The van der Waals surface area contributed by atoms with Gasteiger partial charge in [0, 0.05) is 38.0 Å². The predicted molar refractivity (Wildman–Crippen MR) is 301 cm³/mol. The van der Waals surface area contributed by atoms with Gasteiger partial charge in [-0.1, -0.05) is 139 Å². The van der Waals surface area contributed by atoms with Crippen LogP contribution in [-0.4, -0.2) is 133 Å². The van der Waals surface area contributed by atoms with Crippen molar-refractivity contribution in [2.75, 3.05) is 27.2 Å². The van der Waals surface area contributed by atoms with Crippen LogP contribution < -0.4 is 42.5 Å². The van der Waals surface area contributed by atoms with Crippen LogP contribution in [0, 0.1) is 10.8 Å². The number of benzene rings is 4. The van der Waals surface area contributed by atoms with Crippen LogP contribution >= 0.6 is 0 Å². The Labute approximate surface area is 463 Å². The minimum Gasteiger partial charge on any atom is -0.351 e. The molecular formula is C61H78N10O8. The molecule has 2 saturated heterocycles. The summed E-state index contributed by atoms with van der Waals surface area (Å²) in [4.78, 5) is 116. The van der Waals surface area contributed by atoms with Gasteiger partial charge in [0.2, 0.25) is 47.3 Å². The van der Waals surface area contributed by atoms with Crippen LogP contribution in [0.2, 0.25) is 0 Å². The summed E-state index contributed by atoms with van der Waals surface area (Å²) in [5.41, 5.74) is 6.24. The summed E-state index contributed by atoms with van der Waals surface area (Å²) in [7, 11) is 3.30. The van der Waals surface area contributed by atoms with E-state index in [1.165, 1.54) is 9.80 Å². The van der Waals surface area contributed by atoms with Gasteiger partial charge in [-0.15, -0.1) is 0 Å². The molecule has 79 heavy (non-hydrogen) atoms. The van der Waals surface area contributed by atoms with E-state index < -0.39 is 94.9 Å². The van der Waals surface area contributed by atoms with Gasteiger partial charge in [0.1, 0.15) is 24.2 Å². The van der Waals surface area contributed by atoms with Crippen LogP contribution in [-0.2, 0) is 38.4 Å². The van der Waals surface area contributed by atoms with Crippen molar-refractivity contribution < 1.29 is 38.4 Å². The minimum absolute atomic E-state index is 0.00466. The Hall–Kier alpha value is -7.44. The molecule has 2 fully saturated rings. The second-order valence-electron chi connectivity index (χ2n) is 23.7. The first-order chi connectivity index (χ1) is 37.5. The lowest BCUT2D eigenvalue weighted by Crippen LogP contribution is -2.59. The highest BCUT2D eigenvalue weighted by molar-refractivity contribution is 5.96. The van der Waals surface area contributed by atoms with Gasteiger partial charge >= 0.3 is 0 Å². The number of hydrogen-bond donors (Lipinski definition) is 8. The molecule has 8 rings (SSSR count). The number of hydrogen-bond acceptors (Lipinski definition) is 10. The Bertz CT molecular complexity index is 2700. The highest BCUT2D eigenvalue weighted by Crippen LogP contribution is 2.45. The Morgan fingerprint density at radius 3 is 1.08 bits per heavy atom. The van der Waals surface area contributed by atoms with Gasteiger partial charge in [0.25, 0.3) is 0 Å². The first-order valence-electron chi connectivity index (χ1n) is 27.6. The van der Waals surface area contributed by atoms with E-state index in [4.69, 9.17) is 0 Å². The first kappa shape index (κ1) is 57.7. The van der Waals surface area contributed by atoms with Gasteiger partial charge in [-0.05, 0) is 103 Å². The summed E-state index contributed by atoms with van der Waals surface area (Å²) in [6.07, 6.45) is 0.278. The van der Waals surface area contributed by atoms with E-state index in [0.717, 1.165) is 44.5 Å². The van der Waals surface area contributed by atoms with Gasteiger partial charge < -0.3 is 52.3 Å². The lowest BCUT2D eigenvalue weighted by Gasteiger charge is -2.36. The van der Waals surface area contributed by atoms with Gasteiger partial charge in [-0.2, -0.15) is 0 Å². The molecule has 420 valence electrons. The minimum atomic E-state index is -1.00. The van der Waals surface area contributed by atoms with Gasteiger partial charge in [-0.25, -0.2) is 0 Å². The average Bonchev–Trinajstić information content (AvgIpc) is 4.39. The molecule has 0 aromatic heterocycles. The predicted octanol–water partition coefficient (Wildman–Crippen LogP) is 4.38. The summed E-state index contributed by atoms with van der Waals surface area (Å²) in [6, 6.07) is 24.1. The number of likely N-dealkylation sites (N-methyl/N-ethyl adjacent to an activating group) is 2. The molecule has 4 aliphatic rings. The van der Waals surface area contributed by atoms with Crippen LogP contribution in [0.4, 0.5) is 0 Å². The van der Waals surface area contributed by atoms with Crippen LogP contribution in [0.1, 0.15) is 122 Å². The fraction of sp³-hybridized carbons (Fsp3) is 0.475. The Morgan fingerprint density at radius 1 is 0.481 bits per heavy atom. The molecule has 18 heteroatoms. The standard InChI is InChI=1S/C61H78N10O8/c1-34(62-9)54(74)68-52(60(3,4)5)58(78)70-32-36(30-46(70)56(76)66-50-42-24-15-11-20-38(42)39-21-12-16-25-43(39)50)64-48(72)28-19-29-49(73)65-37-31-47(71(33-37)59(79)53(61(6,7)8)69-55(75)35(2)63-10)57(77)67-51-44-26-17-13-22-40(44)41-23-14-18-27-45(41)51/h11-18,20-27,34-37,46-47,50-53,62-63H,19,28-33H2,1-10H3,(H,64,72)(H,65,73)(H,66,76)(H,67,77)(H,68,74)(H,69,75)/t34-,35-,36-,37-,46-,47-,52+,53+/m0/s1. The zero-order valence-corrected chi connectivity index (χ0v) is 47.1. The number of carbonyl (C=O) groups is 8. The molecule has 0 spiro atoms. The molecule has 8 atom stereocenters. The highest BCUT2D eigenvalue weighted by atomic mass is 16.2. The lowest BCUT2D eigenvalue weighted by molar-refractivity contribution is -0.144. The van der Waals surface area contributed by atoms with E-state index in [0.29, 0.717) is 0 Å². The number of likely N-dealkylation sites (tertiary alicyclic amines) is 2. The largest absolute Gasteiger partial charge is 0.351 e. The van der Waals surface area contributed by atoms with Crippen molar-refractivity contribution in [1.82, 2.24) is 52.3 Å². The fourth-order valence-electron chi connectivity index (χ4n) is 11.4. The Kier molecular flexibility index (Phi) is 17.5. The number of carbonyl (C=O) groups excluding carboxylic acids is 8. The molecule has 2 heterocycles. The summed E-state index contributed by atoms with van der Waals surface area (Å²) < 4.78 is 0. The summed E-state index contributed by atoms with van der Waals surface area (Å²) in [5.74, 6) is -3.20. The molecule has 8 amide bonds. The number of rotatable bonds is 18. The zero-order valence-electron chi connectivity index (χ0n) is 47.1. The molecule has 0 saturated carbocycles. The van der Waals surface area contributed by atoms with Gasteiger partial charge in [0.15, 0.2) is 0 Å². The number of amides is 8. The molecule has 0 unspecified atom stereocenters. The van der Waals surface area contributed by atoms with Crippen LogP contribution in [0.5, 0.6) is 0 Å². The third kappa shape index (κ3) is 12.6. The lowest BCUT2D eigenvalue weighted by atomic mass is 9.85. The third-order valence-electron chi connectivity index (χ3n) is 16.0. The van der Waals surface area contributed by atoms with Crippen molar-refractivity contribution in [1.29, 1.82) is 0 Å². The molecule has 4 aromatic rings. The molecular weight excluding hydrogens is 1000 g/mol. The van der Waals surface area contributed by atoms with Gasteiger partial charge in [0.05, 0.1) is 24.2 Å². The van der Waals surface area contributed by atoms with E-state index in [1.54, 1.807) is 27.9 Å². The van der Waals surface area contributed by atoms with E-state index in [2.05, 4.69) is 42.5 Å². The fourth-order valence-corrected chi connectivity index (χ4v) is 11.4. The quantitative estimate of drug-likeness (QED) is 0.0700. The van der Waals surface area contributed by atoms with Crippen LogP contribution in [0.15, 0.2) is 97.1 Å². The second kappa shape index (κ2) is 23.9. The molecule has 18 nitrogen and oxygen atoms in total. The van der Waals surface area contributed by atoms with Crippen molar-refractivity contribution in [2.24, 2.45) is 10.8 Å². The van der Waals surface area contributed by atoms with Crippen LogP contribution in [0.25, 0.3) is 22.3 Å². The number of nitrogens with one attached hydrogen (secondary N) is 8. The van der Waals surface area contributed by atoms with Crippen molar-refractivity contribution >= 4 is 47.3 Å². The highest BCUT2D eigenvalue weighted by Gasteiger charge is 2.48. The average molecular weight is 1080 g/mol. The van der Waals surface area contributed by atoms with Crippen molar-refractivity contribution in [3.05, 3.63) is 119 Å². The molecule has 2 aliphatic carbocycles. The van der Waals surface area contributed by atoms with Crippen molar-refractivity contribution in [3.8, 4) is 22.3 Å². The maximum Gasteiger partial charge on any atom is 0.246 e. The van der Waals surface area contributed by atoms with E-state index in [-0.39, 0.29) is 68.8 Å². The van der Waals surface area contributed by atoms with Crippen molar-refractivity contribution in [3.63, 3.8) is 0 Å². The normalized spacial score (nSPS) is 20.1. The molecule has 4 aromatic carbocycles. The Morgan fingerprint density at radius 2 is 0.785 bits per heavy atom. The first-order valence-corrected chi connectivity index (χ1v) is 27.6.